The monoisotopic (exact) mass is 254 g/mol. The van der Waals surface area contributed by atoms with Gasteiger partial charge in [-0.3, -0.25) is 9.89 Å². The first-order valence-electron chi connectivity index (χ1n) is 3.94. The number of aromatic nitrogens is 2. The van der Waals surface area contributed by atoms with Gasteiger partial charge in [0.1, 0.15) is 5.75 Å². The minimum atomic E-state index is -0.141. The average molecular weight is 255 g/mol. The Morgan fingerprint density at radius 1 is 1.50 bits per heavy atom. The largest absolute Gasteiger partial charge is 0.497 e. The first kappa shape index (κ1) is 9.21. The van der Waals surface area contributed by atoms with Crippen molar-refractivity contribution in [3.05, 3.63) is 33.0 Å². The lowest BCUT2D eigenvalue weighted by Crippen LogP contribution is -2.06. The van der Waals surface area contributed by atoms with E-state index in [2.05, 4.69) is 26.1 Å². The molecule has 0 saturated heterocycles. The molecule has 72 valence electrons. The van der Waals surface area contributed by atoms with E-state index in [1.54, 1.807) is 25.3 Å². The number of H-pyrrole nitrogens is 1. The van der Waals surface area contributed by atoms with Crippen LogP contribution in [0.5, 0.6) is 5.75 Å². The van der Waals surface area contributed by atoms with Crippen LogP contribution in [0.3, 0.4) is 0 Å². The summed E-state index contributed by atoms with van der Waals surface area (Å²) < 4.78 is 5.30. The molecule has 0 aliphatic carbocycles. The van der Waals surface area contributed by atoms with E-state index in [-0.39, 0.29) is 10.0 Å². The van der Waals surface area contributed by atoms with Gasteiger partial charge in [-0.15, -0.1) is 0 Å². The van der Waals surface area contributed by atoms with Crippen molar-refractivity contribution in [2.45, 2.75) is 0 Å². The highest BCUT2D eigenvalue weighted by Crippen LogP contribution is 2.16. The Hall–Kier alpha value is -1.36. The van der Waals surface area contributed by atoms with E-state index in [0.717, 1.165) is 0 Å². The number of ether oxygens (including phenoxy) is 1. The Bertz CT molecular complexity index is 536. The second-order valence-corrected chi connectivity index (χ2v) is 3.51. The van der Waals surface area contributed by atoms with Crippen LogP contribution in [0.4, 0.5) is 0 Å². The fourth-order valence-electron chi connectivity index (χ4n) is 1.21. The number of aromatic amines is 1. The van der Waals surface area contributed by atoms with Crippen molar-refractivity contribution in [3.8, 4) is 5.75 Å². The molecule has 0 aliphatic rings. The van der Waals surface area contributed by atoms with Gasteiger partial charge < -0.3 is 4.74 Å². The first-order chi connectivity index (χ1) is 6.72. The average Bonchev–Trinajstić information content (AvgIpc) is 2.23. The van der Waals surface area contributed by atoms with Crippen molar-refractivity contribution in [2.75, 3.05) is 7.11 Å². The quantitative estimate of drug-likeness (QED) is 0.843. The number of hydrogen-bond acceptors (Lipinski definition) is 3. The molecule has 4 nitrogen and oxygen atoms in total. The minimum absolute atomic E-state index is 0.141. The smallest absolute Gasteiger partial charge is 0.222 e. The van der Waals surface area contributed by atoms with Crippen molar-refractivity contribution in [2.24, 2.45) is 0 Å². The standard InChI is InChI=1S/C9H7BrN2O2/c1-14-5-2-3-7-6(4-5)8(13)9(10)12-11-7/h2-4H,1H3,(H,11,13). The number of halogens is 1. The molecule has 2 aromatic rings. The number of rotatable bonds is 1. The predicted molar refractivity (Wildman–Crippen MR) is 56.6 cm³/mol. The predicted octanol–water partition coefficient (Wildman–Crippen LogP) is 1.69. The molecular weight excluding hydrogens is 248 g/mol. The van der Waals surface area contributed by atoms with Gasteiger partial charge >= 0.3 is 0 Å². The number of methoxy groups -OCH3 is 1. The third-order valence-electron chi connectivity index (χ3n) is 1.93. The number of fused-ring (bicyclic) bond motifs is 1. The van der Waals surface area contributed by atoms with E-state index in [1.165, 1.54) is 0 Å². The Morgan fingerprint density at radius 2 is 2.29 bits per heavy atom. The molecule has 0 aliphatic heterocycles. The maximum Gasteiger partial charge on any atom is 0.222 e. The molecule has 0 bridgehead atoms. The van der Waals surface area contributed by atoms with Crippen molar-refractivity contribution >= 4 is 26.8 Å². The van der Waals surface area contributed by atoms with Gasteiger partial charge in [-0.25, -0.2) is 0 Å². The Balaban J connectivity index is 2.85. The summed E-state index contributed by atoms with van der Waals surface area (Å²) in [5.74, 6) is 0.654. The van der Waals surface area contributed by atoms with E-state index in [9.17, 15) is 4.79 Å². The second-order valence-electron chi connectivity index (χ2n) is 2.76. The van der Waals surface area contributed by atoms with Crippen molar-refractivity contribution in [1.29, 1.82) is 0 Å². The highest BCUT2D eigenvalue weighted by Gasteiger charge is 2.04. The van der Waals surface area contributed by atoms with E-state index >= 15 is 0 Å². The molecule has 0 saturated carbocycles. The summed E-state index contributed by atoms with van der Waals surface area (Å²) in [6.07, 6.45) is 0. The van der Waals surface area contributed by atoms with Gasteiger partial charge in [0.05, 0.1) is 18.0 Å². The maximum atomic E-state index is 11.6. The number of nitrogens with one attached hydrogen (secondary N) is 1. The number of nitrogens with zero attached hydrogens (tertiary/aromatic N) is 1. The first-order valence-corrected chi connectivity index (χ1v) is 4.73. The lowest BCUT2D eigenvalue weighted by molar-refractivity contribution is 0.415. The molecule has 0 fully saturated rings. The van der Waals surface area contributed by atoms with Gasteiger partial charge in [-0.1, -0.05) is 0 Å². The molecule has 0 radical (unpaired) electrons. The maximum absolute atomic E-state index is 11.6. The summed E-state index contributed by atoms with van der Waals surface area (Å²) in [6, 6.07) is 5.21. The van der Waals surface area contributed by atoms with Crippen molar-refractivity contribution in [1.82, 2.24) is 10.2 Å². The SMILES string of the molecule is COc1ccc2[nH]nc(Br)c(=O)c2c1. The second kappa shape index (κ2) is 3.42. The molecule has 0 spiro atoms. The number of hydrogen-bond donors (Lipinski definition) is 1. The van der Waals surface area contributed by atoms with Gasteiger partial charge in [0.15, 0.2) is 4.60 Å². The Kier molecular flexibility index (Phi) is 2.25. The van der Waals surface area contributed by atoms with Gasteiger partial charge in [0.25, 0.3) is 0 Å². The zero-order valence-electron chi connectivity index (χ0n) is 7.37. The van der Waals surface area contributed by atoms with Crippen LogP contribution in [0.25, 0.3) is 10.9 Å². The van der Waals surface area contributed by atoms with Gasteiger partial charge in [-0.05, 0) is 34.1 Å². The van der Waals surface area contributed by atoms with Gasteiger partial charge in [-0.2, -0.15) is 5.10 Å². The zero-order valence-corrected chi connectivity index (χ0v) is 8.96. The summed E-state index contributed by atoms with van der Waals surface area (Å²) in [7, 11) is 1.56. The van der Waals surface area contributed by atoms with Crippen LogP contribution >= 0.6 is 15.9 Å². The molecule has 0 amide bonds. The molecule has 1 aromatic carbocycles. The molecular formula is C9H7BrN2O2. The van der Waals surface area contributed by atoms with Crippen LogP contribution in [-0.4, -0.2) is 17.3 Å². The van der Waals surface area contributed by atoms with E-state index in [4.69, 9.17) is 4.74 Å². The van der Waals surface area contributed by atoms with Crippen LogP contribution in [-0.2, 0) is 0 Å². The van der Waals surface area contributed by atoms with Crippen LogP contribution in [0.2, 0.25) is 0 Å². The molecule has 14 heavy (non-hydrogen) atoms. The molecule has 1 N–H and O–H groups in total. The molecule has 0 unspecified atom stereocenters. The molecule has 1 aromatic heterocycles. The highest BCUT2D eigenvalue weighted by molar-refractivity contribution is 9.10. The van der Waals surface area contributed by atoms with Crippen molar-refractivity contribution in [3.63, 3.8) is 0 Å². The highest BCUT2D eigenvalue weighted by atomic mass is 79.9. The summed E-state index contributed by atoms with van der Waals surface area (Å²) in [6.45, 7) is 0. The van der Waals surface area contributed by atoms with Gasteiger partial charge in [0, 0.05) is 0 Å². The van der Waals surface area contributed by atoms with Crippen LogP contribution in [0.15, 0.2) is 27.6 Å². The van der Waals surface area contributed by atoms with Crippen LogP contribution in [0, 0.1) is 0 Å². The summed E-state index contributed by atoms with van der Waals surface area (Å²) in [4.78, 5) is 11.6. The van der Waals surface area contributed by atoms with Crippen LogP contribution in [0.1, 0.15) is 0 Å². The van der Waals surface area contributed by atoms with E-state index < -0.39 is 0 Å². The Morgan fingerprint density at radius 3 is 3.00 bits per heavy atom. The summed E-state index contributed by atoms with van der Waals surface area (Å²) in [5.41, 5.74) is 0.552. The Labute approximate surface area is 88.0 Å². The minimum Gasteiger partial charge on any atom is -0.497 e. The van der Waals surface area contributed by atoms with Gasteiger partial charge in [0.2, 0.25) is 5.43 Å². The summed E-state index contributed by atoms with van der Waals surface area (Å²) >= 11 is 3.07. The third-order valence-corrected chi connectivity index (χ3v) is 2.47. The summed E-state index contributed by atoms with van der Waals surface area (Å²) in [5, 5.41) is 7.12. The topological polar surface area (TPSA) is 55.0 Å². The molecule has 2 rings (SSSR count). The van der Waals surface area contributed by atoms with E-state index in [1.807, 2.05) is 0 Å². The molecule has 1 heterocycles. The fourth-order valence-corrected chi connectivity index (χ4v) is 1.51. The zero-order chi connectivity index (χ0) is 10.1. The lowest BCUT2D eigenvalue weighted by atomic mass is 10.2. The van der Waals surface area contributed by atoms with Crippen molar-refractivity contribution < 1.29 is 4.74 Å². The fraction of sp³-hybridized carbons (Fsp3) is 0.111. The lowest BCUT2D eigenvalue weighted by Gasteiger charge is -2.01. The normalized spacial score (nSPS) is 10.4. The third kappa shape index (κ3) is 1.39. The van der Waals surface area contributed by atoms with E-state index in [0.29, 0.717) is 16.7 Å². The van der Waals surface area contributed by atoms with Crippen LogP contribution < -0.4 is 10.2 Å². The molecule has 5 heteroatoms. The number of benzene rings is 1. The molecule has 0 atom stereocenters.